The number of halogens is 3. The Morgan fingerprint density at radius 1 is 1.11 bits per heavy atom. The zero-order valence-electron chi connectivity index (χ0n) is 18.6. The van der Waals surface area contributed by atoms with Crippen LogP contribution in [-0.2, 0) is 16.2 Å². The van der Waals surface area contributed by atoms with Crippen molar-refractivity contribution in [1.82, 2.24) is 14.3 Å². The van der Waals surface area contributed by atoms with Crippen LogP contribution in [-0.4, -0.2) is 42.3 Å². The summed E-state index contributed by atoms with van der Waals surface area (Å²) in [5.74, 6) is 0.250. The first-order chi connectivity index (χ1) is 16.7. The number of rotatable bonds is 6. The Balaban J connectivity index is 1.50. The number of anilines is 1. The van der Waals surface area contributed by atoms with Crippen LogP contribution < -0.4 is 10.6 Å². The van der Waals surface area contributed by atoms with Gasteiger partial charge in [0.05, 0.1) is 22.3 Å². The molecule has 3 heterocycles. The summed E-state index contributed by atoms with van der Waals surface area (Å²) < 4.78 is 66.7. The fourth-order valence-electron chi connectivity index (χ4n) is 4.34. The van der Waals surface area contributed by atoms with Gasteiger partial charge in [-0.25, -0.2) is 17.4 Å². The van der Waals surface area contributed by atoms with Crippen molar-refractivity contribution in [1.29, 1.82) is 0 Å². The minimum Gasteiger partial charge on any atom is -0.365 e. The summed E-state index contributed by atoms with van der Waals surface area (Å²) in [5.41, 5.74) is 0.689. The largest absolute Gasteiger partial charge is 0.416 e. The van der Waals surface area contributed by atoms with E-state index >= 15 is 0 Å². The van der Waals surface area contributed by atoms with E-state index in [0.717, 1.165) is 31.6 Å². The van der Waals surface area contributed by atoms with Crippen molar-refractivity contribution in [3.05, 3.63) is 78.0 Å². The molecule has 0 bridgehead atoms. The zero-order valence-corrected chi connectivity index (χ0v) is 19.4. The monoisotopic (exact) mass is 500 g/mol. The quantitative estimate of drug-likeness (QED) is 0.395. The highest BCUT2D eigenvalue weighted by atomic mass is 32.2. The molecule has 1 fully saturated rings. The number of fused-ring (bicyclic) bond motifs is 3. The lowest BCUT2D eigenvalue weighted by atomic mass is 10.1. The van der Waals surface area contributed by atoms with E-state index in [2.05, 4.69) is 10.6 Å². The molecule has 0 spiro atoms. The summed E-state index contributed by atoms with van der Waals surface area (Å²) >= 11 is 0. The number of nitrogens with zero attached hydrogens (tertiary/aromatic N) is 2. The van der Waals surface area contributed by atoms with E-state index in [0.29, 0.717) is 27.6 Å². The molecule has 1 aliphatic heterocycles. The van der Waals surface area contributed by atoms with Gasteiger partial charge in [0.25, 0.3) is 0 Å². The number of aromatic nitrogens is 2. The summed E-state index contributed by atoms with van der Waals surface area (Å²) in [4.78, 5) is 4.74. The molecule has 35 heavy (non-hydrogen) atoms. The Morgan fingerprint density at radius 3 is 2.71 bits per heavy atom. The zero-order chi connectivity index (χ0) is 24.6. The third kappa shape index (κ3) is 4.76. The van der Waals surface area contributed by atoms with E-state index in [9.17, 15) is 21.6 Å². The van der Waals surface area contributed by atoms with Crippen LogP contribution in [0.3, 0.4) is 0 Å². The van der Waals surface area contributed by atoms with Gasteiger partial charge < -0.3 is 10.6 Å². The average Bonchev–Trinajstić information content (AvgIpc) is 3.49. The maximum Gasteiger partial charge on any atom is 0.416 e. The molecule has 0 radical (unpaired) electrons. The average molecular weight is 501 g/mol. The van der Waals surface area contributed by atoms with Crippen molar-refractivity contribution in [2.24, 2.45) is 0 Å². The van der Waals surface area contributed by atoms with Gasteiger partial charge >= 0.3 is 6.18 Å². The van der Waals surface area contributed by atoms with Crippen LogP contribution in [0.2, 0.25) is 0 Å². The maximum absolute atomic E-state index is 13.3. The molecule has 1 atom stereocenters. The smallest absolute Gasteiger partial charge is 0.365 e. The van der Waals surface area contributed by atoms with Crippen LogP contribution in [0.15, 0.2) is 66.9 Å². The van der Waals surface area contributed by atoms with Crippen LogP contribution in [0, 0.1) is 0 Å². The summed E-state index contributed by atoms with van der Waals surface area (Å²) in [6, 6.07) is 14.0. The lowest BCUT2D eigenvalue weighted by molar-refractivity contribution is -0.137. The van der Waals surface area contributed by atoms with E-state index in [-0.39, 0.29) is 17.4 Å². The first kappa shape index (κ1) is 23.4. The number of benzene rings is 2. The van der Waals surface area contributed by atoms with Crippen LogP contribution in [0.4, 0.5) is 19.0 Å². The number of hydrogen-bond acceptors (Lipinski definition) is 5. The van der Waals surface area contributed by atoms with Gasteiger partial charge in [0.15, 0.2) is 0 Å². The van der Waals surface area contributed by atoms with Gasteiger partial charge in [0, 0.05) is 29.6 Å². The molecule has 2 aromatic heterocycles. The van der Waals surface area contributed by atoms with Gasteiger partial charge in [0.1, 0.15) is 5.82 Å². The van der Waals surface area contributed by atoms with Gasteiger partial charge in [-0.3, -0.25) is 0 Å². The van der Waals surface area contributed by atoms with Crippen molar-refractivity contribution in [2.45, 2.75) is 18.6 Å². The summed E-state index contributed by atoms with van der Waals surface area (Å²) in [6.45, 7) is 1.71. The van der Waals surface area contributed by atoms with Gasteiger partial charge in [-0.15, -0.1) is 0 Å². The standard InChI is InChI=1S/C25H23F3N4O2S/c26-25(27,28)18-7-3-5-17(15-18)6-4-14-35(33,34)32-13-11-21-23(32)20-8-1-2-9-22(20)31-24(21)30-19-10-12-29-16-19/h1-9,11,13,15,19,29H,10,12,14,16H2,(H,30,31)/t19-/m1/s1. The van der Waals surface area contributed by atoms with Crippen molar-refractivity contribution >= 4 is 43.7 Å². The molecule has 2 aromatic carbocycles. The second-order valence-corrected chi connectivity index (χ2v) is 10.4. The fraction of sp³-hybridized carbons (Fsp3) is 0.240. The molecule has 182 valence electrons. The Hall–Kier alpha value is -3.37. The van der Waals surface area contributed by atoms with Crippen LogP contribution in [0.5, 0.6) is 0 Å². The summed E-state index contributed by atoms with van der Waals surface area (Å²) in [7, 11) is -3.85. The van der Waals surface area contributed by atoms with Crippen LogP contribution in [0.1, 0.15) is 17.5 Å². The van der Waals surface area contributed by atoms with Crippen molar-refractivity contribution in [3.8, 4) is 0 Å². The number of alkyl halides is 3. The maximum atomic E-state index is 13.3. The molecule has 4 aromatic rings. The number of para-hydroxylation sites is 1. The normalized spacial score (nSPS) is 17.1. The molecule has 6 nitrogen and oxygen atoms in total. The third-order valence-corrected chi connectivity index (χ3v) is 7.55. The van der Waals surface area contributed by atoms with Crippen molar-refractivity contribution < 1.29 is 21.6 Å². The molecule has 10 heteroatoms. The fourth-order valence-corrected chi connectivity index (χ4v) is 5.56. The first-order valence-corrected chi connectivity index (χ1v) is 12.8. The molecule has 5 rings (SSSR count). The topological polar surface area (TPSA) is 76.0 Å². The molecule has 0 saturated carbocycles. The second kappa shape index (κ2) is 9.01. The van der Waals surface area contributed by atoms with Crippen molar-refractivity contribution in [3.63, 3.8) is 0 Å². The molecule has 1 aliphatic rings. The highest BCUT2D eigenvalue weighted by molar-refractivity contribution is 7.90. The Labute approximate surface area is 200 Å². The van der Waals surface area contributed by atoms with E-state index in [1.807, 2.05) is 24.3 Å². The second-order valence-electron chi connectivity index (χ2n) is 8.49. The predicted octanol–water partition coefficient (Wildman–Crippen LogP) is 4.87. The van der Waals surface area contributed by atoms with Gasteiger partial charge in [-0.2, -0.15) is 13.2 Å². The lowest BCUT2D eigenvalue weighted by Crippen LogP contribution is -2.23. The Kier molecular flexibility index (Phi) is 6.02. The van der Waals surface area contributed by atoms with Gasteiger partial charge in [0.2, 0.25) is 10.0 Å². The Bertz CT molecular complexity index is 1520. The molecular formula is C25H23F3N4O2S. The molecule has 0 unspecified atom stereocenters. The number of pyridine rings is 1. The van der Waals surface area contributed by atoms with E-state index in [4.69, 9.17) is 4.98 Å². The van der Waals surface area contributed by atoms with E-state index in [1.165, 1.54) is 34.5 Å². The highest BCUT2D eigenvalue weighted by Gasteiger charge is 2.30. The predicted molar refractivity (Wildman–Crippen MR) is 132 cm³/mol. The SMILES string of the molecule is O=S(=O)(CC=Cc1cccc(C(F)(F)F)c1)n1ccc2c(N[C@@H]3CCNC3)nc3ccccc3c21. The van der Waals surface area contributed by atoms with E-state index < -0.39 is 21.8 Å². The van der Waals surface area contributed by atoms with Crippen LogP contribution >= 0.6 is 0 Å². The minimum atomic E-state index is -4.46. The van der Waals surface area contributed by atoms with Gasteiger partial charge in [-0.05, 0) is 42.8 Å². The Morgan fingerprint density at radius 2 is 1.94 bits per heavy atom. The van der Waals surface area contributed by atoms with Gasteiger partial charge in [-0.1, -0.05) is 42.5 Å². The van der Waals surface area contributed by atoms with Crippen LogP contribution in [0.25, 0.3) is 27.9 Å². The molecule has 1 saturated heterocycles. The molecule has 0 aliphatic carbocycles. The summed E-state index contributed by atoms with van der Waals surface area (Å²) in [6.07, 6.45) is 0.733. The summed E-state index contributed by atoms with van der Waals surface area (Å²) in [5, 5.41) is 8.13. The minimum absolute atomic E-state index is 0.196. The van der Waals surface area contributed by atoms with E-state index in [1.54, 1.807) is 6.07 Å². The molecule has 0 amide bonds. The molecule has 2 N–H and O–H groups in total. The lowest BCUT2D eigenvalue weighted by Gasteiger charge is -2.15. The van der Waals surface area contributed by atoms with Crippen molar-refractivity contribution in [2.75, 3.05) is 24.2 Å². The first-order valence-electron chi connectivity index (χ1n) is 11.2. The third-order valence-electron chi connectivity index (χ3n) is 6.03. The number of nitrogens with one attached hydrogen (secondary N) is 2. The molecular weight excluding hydrogens is 477 g/mol. The highest BCUT2D eigenvalue weighted by Crippen LogP contribution is 2.32. The number of hydrogen-bond donors (Lipinski definition) is 2.